The number of imidazole rings is 1. The highest BCUT2D eigenvalue weighted by molar-refractivity contribution is 6.31. The smallest absolute Gasteiger partial charge is 0.412 e. The molecule has 0 aliphatic carbocycles. The summed E-state index contributed by atoms with van der Waals surface area (Å²) in [5.74, 6) is -0.472. The van der Waals surface area contributed by atoms with Gasteiger partial charge in [-0.3, -0.25) is 10.1 Å². The first-order valence-corrected chi connectivity index (χ1v) is 13.3. The topological polar surface area (TPSA) is 122 Å². The van der Waals surface area contributed by atoms with Gasteiger partial charge >= 0.3 is 6.09 Å². The quantitative estimate of drug-likeness (QED) is 0.232. The van der Waals surface area contributed by atoms with Gasteiger partial charge in [-0.15, -0.1) is 0 Å². The van der Waals surface area contributed by atoms with Gasteiger partial charge in [-0.1, -0.05) is 48.0 Å². The van der Waals surface area contributed by atoms with E-state index in [9.17, 15) is 14.0 Å². The molecule has 0 unspecified atom stereocenters. The van der Waals surface area contributed by atoms with Gasteiger partial charge in [0.15, 0.2) is 0 Å². The highest BCUT2D eigenvalue weighted by Gasteiger charge is 2.21. The molecule has 0 radical (unpaired) electrons. The number of benzene rings is 2. The largest absolute Gasteiger partial charge is 0.447 e. The molecule has 1 aliphatic heterocycles. The van der Waals surface area contributed by atoms with E-state index < -0.39 is 18.0 Å². The van der Waals surface area contributed by atoms with Crippen molar-refractivity contribution in [2.75, 3.05) is 25.0 Å². The molecule has 2 aromatic carbocycles. The van der Waals surface area contributed by atoms with E-state index in [1.165, 1.54) is 6.07 Å². The number of rotatable bonds is 10. The number of carbonyl (C=O) groups is 2. The highest BCUT2D eigenvalue weighted by atomic mass is 35.5. The van der Waals surface area contributed by atoms with Crippen molar-refractivity contribution in [3.8, 4) is 0 Å². The zero-order chi connectivity index (χ0) is 27.9. The Labute approximate surface area is 235 Å². The lowest BCUT2D eigenvalue weighted by Crippen LogP contribution is -2.44. The van der Waals surface area contributed by atoms with Gasteiger partial charge in [0.1, 0.15) is 18.2 Å². The summed E-state index contributed by atoms with van der Waals surface area (Å²) in [6.07, 6.45) is 3.14. The molecule has 4 N–H and O–H groups in total. The Morgan fingerprint density at radius 1 is 1.15 bits per heavy atom. The number of fused-ring (bicyclic) bond motifs is 2. The van der Waals surface area contributed by atoms with Crippen LogP contribution in [0.5, 0.6) is 0 Å². The minimum atomic E-state index is -0.686. The average molecular weight is 566 g/mol. The first kappa shape index (κ1) is 27.5. The summed E-state index contributed by atoms with van der Waals surface area (Å²) in [6.45, 7) is 2.42. The van der Waals surface area contributed by atoms with E-state index in [4.69, 9.17) is 16.3 Å². The van der Waals surface area contributed by atoms with Crippen LogP contribution >= 0.6 is 11.6 Å². The van der Waals surface area contributed by atoms with Crippen molar-refractivity contribution in [2.45, 2.75) is 32.1 Å². The number of carbonyl (C=O) groups excluding carboxylic acids is 2. The van der Waals surface area contributed by atoms with Crippen LogP contribution in [-0.4, -0.2) is 52.3 Å². The van der Waals surface area contributed by atoms with E-state index in [-0.39, 0.29) is 30.6 Å². The summed E-state index contributed by atoms with van der Waals surface area (Å²) >= 11 is 6.00. The average Bonchev–Trinajstić information content (AvgIpc) is 3.36. The Hall–Kier alpha value is -4.06. The Bertz CT molecular complexity index is 1510. The minimum Gasteiger partial charge on any atom is -0.447 e. The van der Waals surface area contributed by atoms with Crippen molar-refractivity contribution >= 4 is 40.2 Å². The number of nitrogens with one attached hydrogen (secondary N) is 4. The minimum absolute atomic E-state index is 0.0202. The van der Waals surface area contributed by atoms with Gasteiger partial charge in [0.05, 0.1) is 35.3 Å². The maximum atomic E-state index is 13.7. The number of aromatic nitrogens is 3. The highest BCUT2D eigenvalue weighted by Crippen LogP contribution is 2.19. The maximum Gasteiger partial charge on any atom is 0.412 e. The number of hydrogen-bond donors (Lipinski definition) is 4. The van der Waals surface area contributed by atoms with Gasteiger partial charge in [-0.25, -0.2) is 19.2 Å². The summed E-state index contributed by atoms with van der Waals surface area (Å²) in [6, 6.07) is 13.4. The van der Waals surface area contributed by atoms with Crippen LogP contribution in [0.4, 0.5) is 15.0 Å². The second-order valence-electron chi connectivity index (χ2n) is 9.43. The molecular formula is C28H29ClFN7O3. The summed E-state index contributed by atoms with van der Waals surface area (Å²) in [5.41, 5.74) is 2.40. The Morgan fingerprint density at radius 2 is 2.00 bits per heavy atom. The fourth-order valence-electron chi connectivity index (χ4n) is 4.55. The summed E-state index contributed by atoms with van der Waals surface area (Å²) in [7, 11) is 0. The summed E-state index contributed by atoms with van der Waals surface area (Å²) < 4.78 is 21.3. The van der Waals surface area contributed by atoms with Gasteiger partial charge in [0.2, 0.25) is 5.91 Å². The lowest BCUT2D eigenvalue weighted by molar-refractivity contribution is -0.121. The van der Waals surface area contributed by atoms with Crippen molar-refractivity contribution in [2.24, 2.45) is 0 Å². The lowest BCUT2D eigenvalue weighted by atomic mass is 10.1. The Morgan fingerprint density at radius 3 is 2.88 bits per heavy atom. The molecule has 2 amide bonds. The fourth-order valence-corrected chi connectivity index (χ4v) is 4.74. The van der Waals surface area contributed by atoms with Crippen molar-refractivity contribution in [3.63, 3.8) is 0 Å². The second kappa shape index (κ2) is 12.9. The van der Waals surface area contributed by atoms with Crippen LogP contribution in [0.3, 0.4) is 0 Å². The number of pyridine rings is 1. The van der Waals surface area contributed by atoms with Crippen molar-refractivity contribution in [1.82, 2.24) is 30.5 Å². The van der Waals surface area contributed by atoms with Crippen LogP contribution in [0, 0.1) is 5.82 Å². The molecule has 10 nitrogen and oxygen atoms in total. The number of hydrogen-bond acceptors (Lipinski definition) is 7. The third-order valence-electron chi connectivity index (χ3n) is 6.57. The van der Waals surface area contributed by atoms with E-state index in [1.54, 1.807) is 30.7 Å². The maximum absolute atomic E-state index is 13.7. The third kappa shape index (κ3) is 6.92. The zero-order valence-corrected chi connectivity index (χ0v) is 22.4. The third-order valence-corrected chi connectivity index (χ3v) is 6.99. The van der Waals surface area contributed by atoms with E-state index in [0.717, 1.165) is 35.2 Å². The zero-order valence-electron chi connectivity index (χ0n) is 21.6. The number of ether oxygens (including phenoxy) is 1. The first-order valence-electron chi connectivity index (χ1n) is 12.9. The molecule has 1 atom stereocenters. The second-order valence-corrected chi connectivity index (χ2v) is 9.81. The van der Waals surface area contributed by atoms with Gasteiger partial charge < -0.3 is 25.3 Å². The molecule has 0 saturated carbocycles. The van der Waals surface area contributed by atoms with Crippen LogP contribution in [0.25, 0.3) is 10.8 Å². The molecule has 2 aromatic heterocycles. The normalized spacial score (nSPS) is 13.4. The molecule has 0 spiro atoms. The van der Waals surface area contributed by atoms with Gasteiger partial charge in [0, 0.05) is 44.2 Å². The molecule has 40 heavy (non-hydrogen) atoms. The predicted octanol–water partition coefficient (Wildman–Crippen LogP) is 3.39. The molecule has 5 rings (SSSR count). The summed E-state index contributed by atoms with van der Waals surface area (Å²) in [4.78, 5) is 34.2. The van der Waals surface area contributed by atoms with Crippen molar-refractivity contribution < 1.29 is 18.7 Å². The van der Waals surface area contributed by atoms with E-state index in [1.807, 2.05) is 24.3 Å². The first-order chi connectivity index (χ1) is 19.5. The SMILES string of the molecule is O=C(CNCc1cccc(F)c1Cl)N[C@H](COC(=O)Nc1cc2ccccc2cn1)Cc1ncn2c1CNCC2. The standard InChI is InChI=1S/C28H29ClFN7O3/c29-27-20(6-3-7-22(27)30)12-32-15-26(38)35-21(11-23-24-14-31-8-9-37(24)17-34-23)16-40-28(39)36-25-10-18-4-1-2-5-19(18)13-33-25/h1-7,10,13,17,21,31-32H,8-9,11-12,14-16H2,(H,35,38)(H,33,36,39)/t21-/m0/s1. The fraction of sp³-hybridized carbons (Fsp3) is 0.286. The number of anilines is 1. The van der Waals surface area contributed by atoms with Gasteiger partial charge in [0.25, 0.3) is 0 Å². The molecule has 0 saturated heterocycles. The monoisotopic (exact) mass is 565 g/mol. The van der Waals surface area contributed by atoms with Crippen LogP contribution in [-0.2, 0) is 35.6 Å². The summed E-state index contributed by atoms with van der Waals surface area (Å²) in [5, 5.41) is 13.8. The Balaban J connectivity index is 1.20. The van der Waals surface area contributed by atoms with Crippen molar-refractivity contribution in [3.05, 3.63) is 88.8 Å². The molecule has 1 aliphatic rings. The van der Waals surface area contributed by atoms with E-state index in [2.05, 4.69) is 35.8 Å². The number of nitrogens with zero attached hydrogens (tertiary/aromatic N) is 3. The predicted molar refractivity (Wildman–Crippen MR) is 149 cm³/mol. The van der Waals surface area contributed by atoms with Crippen molar-refractivity contribution in [1.29, 1.82) is 0 Å². The number of amides is 2. The van der Waals surface area contributed by atoms with Crippen LogP contribution in [0.1, 0.15) is 17.0 Å². The molecule has 208 valence electrons. The lowest BCUT2D eigenvalue weighted by Gasteiger charge is -2.21. The van der Waals surface area contributed by atoms with Crippen LogP contribution < -0.4 is 21.3 Å². The molecule has 12 heteroatoms. The van der Waals surface area contributed by atoms with E-state index >= 15 is 0 Å². The molecule has 3 heterocycles. The van der Waals surface area contributed by atoms with Crippen LogP contribution in [0.15, 0.2) is 61.1 Å². The van der Waals surface area contributed by atoms with Gasteiger partial charge in [-0.2, -0.15) is 0 Å². The Kier molecular flexibility index (Phi) is 8.84. The number of halogens is 2. The molecular weight excluding hydrogens is 537 g/mol. The molecule has 0 bridgehead atoms. The van der Waals surface area contributed by atoms with E-state index in [0.29, 0.717) is 24.3 Å². The van der Waals surface area contributed by atoms with Gasteiger partial charge in [-0.05, 0) is 23.1 Å². The molecule has 0 fully saturated rings. The molecule has 4 aromatic rings. The van der Waals surface area contributed by atoms with Crippen LogP contribution in [0.2, 0.25) is 5.02 Å².